The molecule has 0 saturated heterocycles. The van der Waals surface area contributed by atoms with Crippen molar-refractivity contribution in [2.24, 2.45) is 0 Å². The molecule has 0 saturated carbocycles. The molecule has 0 bridgehead atoms. The number of hydrogen-bond donors (Lipinski definition) is 2. The summed E-state index contributed by atoms with van der Waals surface area (Å²) in [5.74, 6) is -2.36. The summed E-state index contributed by atoms with van der Waals surface area (Å²) in [6.45, 7) is 7.66. The van der Waals surface area contributed by atoms with Gasteiger partial charge in [0.2, 0.25) is 15.9 Å². The molecule has 2 aromatic rings. The van der Waals surface area contributed by atoms with E-state index in [1.165, 1.54) is 18.2 Å². The Labute approximate surface area is 170 Å². The molecule has 2 aromatic carbocycles. The normalized spacial score (nSPS) is 13.2. The second kappa shape index (κ2) is 9.00. The summed E-state index contributed by atoms with van der Waals surface area (Å²) >= 11 is 0. The molecule has 0 aliphatic heterocycles. The van der Waals surface area contributed by atoms with Crippen molar-refractivity contribution < 1.29 is 22.0 Å². The first-order valence-electron chi connectivity index (χ1n) is 9.24. The summed E-state index contributed by atoms with van der Waals surface area (Å²) in [6, 6.07) is 9.46. The van der Waals surface area contributed by atoms with Crippen molar-refractivity contribution in [2.75, 3.05) is 6.54 Å². The number of carbonyl (C=O) groups excluding carboxylic acids is 1. The van der Waals surface area contributed by atoms with Gasteiger partial charge in [-0.15, -0.1) is 0 Å². The van der Waals surface area contributed by atoms with E-state index in [-0.39, 0.29) is 23.3 Å². The van der Waals surface area contributed by atoms with E-state index in [0.29, 0.717) is 5.56 Å². The van der Waals surface area contributed by atoms with Crippen molar-refractivity contribution >= 4 is 15.9 Å². The van der Waals surface area contributed by atoms with E-state index < -0.39 is 33.6 Å². The third kappa shape index (κ3) is 6.33. The fourth-order valence-electron chi connectivity index (χ4n) is 2.70. The monoisotopic (exact) mass is 424 g/mol. The number of benzene rings is 2. The van der Waals surface area contributed by atoms with Crippen LogP contribution in [0.3, 0.4) is 0 Å². The molecule has 0 fully saturated rings. The summed E-state index contributed by atoms with van der Waals surface area (Å²) < 4.78 is 53.4. The number of carbonyl (C=O) groups is 1. The largest absolute Gasteiger partial charge is 0.350 e. The van der Waals surface area contributed by atoms with Gasteiger partial charge in [-0.2, -0.15) is 0 Å². The smallest absolute Gasteiger partial charge is 0.240 e. The molecule has 8 heteroatoms. The van der Waals surface area contributed by atoms with E-state index in [4.69, 9.17) is 0 Å². The lowest BCUT2D eigenvalue weighted by atomic mass is 9.87. The molecule has 2 N–H and O–H groups in total. The van der Waals surface area contributed by atoms with Crippen molar-refractivity contribution in [1.29, 1.82) is 0 Å². The number of halogens is 2. The van der Waals surface area contributed by atoms with Gasteiger partial charge in [-0.05, 0) is 47.7 Å². The third-order valence-corrected chi connectivity index (χ3v) is 5.97. The van der Waals surface area contributed by atoms with E-state index in [1.54, 1.807) is 19.1 Å². The highest BCUT2D eigenvalue weighted by Crippen LogP contribution is 2.23. The van der Waals surface area contributed by atoms with Gasteiger partial charge in [0.15, 0.2) is 11.6 Å². The van der Waals surface area contributed by atoms with Crippen LogP contribution >= 0.6 is 0 Å². The highest BCUT2D eigenvalue weighted by atomic mass is 32.2. The summed E-state index contributed by atoms with van der Waals surface area (Å²) in [7, 11) is -3.73. The molecule has 0 heterocycles. The molecule has 2 rings (SSSR count). The number of amides is 1. The van der Waals surface area contributed by atoms with E-state index in [0.717, 1.165) is 17.7 Å². The maximum atomic E-state index is 13.3. The van der Waals surface area contributed by atoms with Gasteiger partial charge in [-0.1, -0.05) is 39.0 Å². The van der Waals surface area contributed by atoms with E-state index in [9.17, 15) is 22.0 Å². The maximum Gasteiger partial charge on any atom is 0.240 e. The lowest BCUT2D eigenvalue weighted by molar-refractivity contribution is -0.121. The molecule has 29 heavy (non-hydrogen) atoms. The van der Waals surface area contributed by atoms with Crippen LogP contribution in [0.5, 0.6) is 0 Å². The minimum absolute atomic E-state index is 0.0836. The van der Waals surface area contributed by atoms with Gasteiger partial charge in [0, 0.05) is 13.0 Å². The zero-order chi connectivity index (χ0) is 21.8. The van der Waals surface area contributed by atoms with Crippen molar-refractivity contribution in [2.45, 2.75) is 50.5 Å². The van der Waals surface area contributed by atoms with Gasteiger partial charge in [0.25, 0.3) is 0 Å². The fourth-order valence-corrected chi connectivity index (χ4v) is 3.73. The zero-order valence-corrected chi connectivity index (χ0v) is 17.7. The minimum Gasteiger partial charge on any atom is -0.350 e. The van der Waals surface area contributed by atoms with Crippen LogP contribution in [-0.4, -0.2) is 20.9 Å². The first kappa shape index (κ1) is 23.0. The predicted octanol–water partition coefficient (Wildman–Crippen LogP) is 3.81. The van der Waals surface area contributed by atoms with Gasteiger partial charge in [-0.3, -0.25) is 4.79 Å². The topological polar surface area (TPSA) is 75.3 Å². The Bertz CT molecular complexity index is 968. The molecule has 0 spiro atoms. The summed E-state index contributed by atoms with van der Waals surface area (Å²) in [6.07, 6.45) is -0.0900. The van der Waals surface area contributed by atoms with Crippen LogP contribution < -0.4 is 10.0 Å². The predicted molar refractivity (Wildman–Crippen MR) is 108 cm³/mol. The number of hydrogen-bond acceptors (Lipinski definition) is 3. The van der Waals surface area contributed by atoms with Gasteiger partial charge in [0.1, 0.15) is 0 Å². The SMILES string of the molecule is CC(NC(=O)CCNS(=O)(=O)c1ccc(C(C)(C)C)cc1)c1ccc(F)c(F)c1. The van der Waals surface area contributed by atoms with Crippen molar-refractivity contribution in [1.82, 2.24) is 10.0 Å². The molecular formula is C21H26F2N2O3S. The molecular weight excluding hydrogens is 398 g/mol. The molecule has 0 aliphatic rings. The standard InChI is InChI=1S/C21H26F2N2O3S/c1-14(15-5-10-18(22)19(23)13-15)25-20(26)11-12-24-29(27,28)17-8-6-16(7-9-17)21(2,3)4/h5-10,13-14,24H,11-12H2,1-4H3,(H,25,26). The molecule has 0 radical (unpaired) electrons. The Balaban J connectivity index is 1.89. The first-order chi connectivity index (χ1) is 13.4. The fraction of sp³-hybridized carbons (Fsp3) is 0.381. The molecule has 0 aliphatic carbocycles. The highest BCUT2D eigenvalue weighted by molar-refractivity contribution is 7.89. The van der Waals surface area contributed by atoms with E-state index in [1.807, 2.05) is 20.8 Å². The van der Waals surface area contributed by atoms with Crippen molar-refractivity contribution in [3.05, 3.63) is 65.2 Å². The molecule has 1 amide bonds. The molecule has 158 valence electrons. The van der Waals surface area contributed by atoms with E-state index in [2.05, 4.69) is 10.0 Å². The van der Waals surface area contributed by atoms with Crippen LogP contribution in [0, 0.1) is 11.6 Å². The van der Waals surface area contributed by atoms with Gasteiger partial charge < -0.3 is 5.32 Å². The maximum absolute atomic E-state index is 13.3. The Morgan fingerprint density at radius 3 is 2.21 bits per heavy atom. The molecule has 5 nitrogen and oxygen atoms in total. The van der Waals surface area contributed by atoms with Crippen LogP contribution in [-0.2, 0) is 20.2 Å². The Hall–Kier alpha value is -2.32. The van der Waals surface area contributed by atoms with Crippen molar-refractivity contribution in [3.63, 3.8) is 0 Å². The van der Waals surface area contributed by atoms with Crippen LogP contribution in [0.4, 0.5) is 8.78 Å². The Morgan fingerprint density at radius 1 is 1.03 bits per heavy atom. The Kier molecular flexibility index (Phi) is 7.13. The Morgan fingerprint density at radius 2 is 1.66 bits per heavy atom. The number of sulfonamides is 1. The van der Waals surface area contributed by atoms with Crippen LogP contribution in [0.1, 0.15) is 51.3 Å². The first-order valence-corrected chi connectivity index (χ1v) is 10.7. The van der Waals surface area contributed by atoms with Gasteiger partial charge >= 0.3 is 0 Å². The second-order valence-corrected chi connectivity index (χ2v) is 9.65. The average Bonchev–Trinajstić information content (AvgIpc) is 2.63. The van der Waals surface area contributed by atoms with Crippen LogP contribution in [0.25, 0.3) is 0 Å². The second-order valence-electron chi connectivity index (χ2n) is 7.88. The van der Waals surface area contributed by atoms with Crippen LogP contribution in [0.2, 0.25) is 0 Å². The zero-order valence-electron chi connectivity index (χ0n) is 16.9. The summed E-state index contributed by atoms with van der Waals surface area (Å²) in [4.78, 5) is 12.2. The summed E-state index contributed by atoms with van der Waals surface area (Å²) in [5.41, 5.74) is 1.34. The molecule has 0 aromatic heterocycles. The third-order valence-electron chi connectivity index (χ3n) is 4.50. The number of nitrogens with one attached hydrogen (secondary N) is 2. The lowest BCUT2D eigenvalue weighted by Gasteiger charge is -2.19. The minimum atomic E-state index is -3.73. The molecule has 1 atom stereocenters. The summed E-state index contributed by atoms with van der Waals surface area (Å²) in [5, 5.41) is 2.63. The van der Waals surface area contributed by atoms with Crippen LogP contribution in [0.15, 0.2) is 47.4 Å². The van der Waals surface area contributed by atoms with E-state index >= 15 is 0 Å². The quantitative estimate of drug-likeness (QED) is 0.710. The lowest BCUT2D eigenvalue weighted by Crippen LogP contribution is -2.32. The highest BCUT2D eigenvalue weighted by Gasteiger charge is 2.18. The van der Waals surface area contributed by atoms with Crippen molar-refractivity contribution in [3.8, 4) is 0 Å². The van der Waals surface area contributed by atoms with Gasteiger partial charge in [-0.25, -0.2) is 21.9 Å². The average molecular weight is 425 g/mol. The van der Waals surface area contributed by atoms with Gasteiger partial charge in [0.05, 0.1) is 10.9 Å². The molecule has 1 unspecified atom stereocenters. The number of rotatable bonds is 7.